The zero-order valence-corrected chi connectivity index (χ0v) is 12.6. The lowest BCUT2D eigenvalue weighted by molar-refractivity contribution is -0.116. The Kier molecular flexibility index (Phi) is 4.05. The smallest absolute Gasteiger partial charge is 0.0666 e. The number of methoxy groups -OCH3 is 1. The topological polar surface area (TPSA) is 30.5 Å². The number of hydrogen-bond donors (Lipinski definition) is 1. The molecule has 1 saturated heterocycles. The van der Waals surface area contributed by atoms with E-state index in [1.165, 1.54) is 0 Å². The van der Waals surface area contributed by atoms with Gasteiger partial charge in [0.2, 0.25) is 0 Å². The second-order valence-corrected chi connectivity index (χ2v) is 6.84. The van der Waals surface area contributed by atoms with Crippen molar-refractivity contribution in [2.45, 2.75) is 77.2 Å². The Labute approximate surface area is 112 Å². The van der Waals surface area contributed by atoms with Gasteiger partial charge in [0.15, 0.2) is 0 Å². The standard InChI is InChI=1S/C15H29NO2/c1-6-15(4)10-11(7-8-18-15)16-12-9-13(17-5)14(12,2)3/h11-13,16H,6-10H2,1-5H3. The van der Waals surface area contributed by atoms with Crippen molar-refractivity contribution < 1.29 is 9.47 Å². The third-order valence-corrected chi connectivity index (χ3v) is 5.24. The molecule has 18 heavy (non-hydrogen) atoms. The Morgan fingerprint density at radius 3 is 2.61 bits per heavy atom. The summed E-state index contributed by atoms with van der Waals surface area (Å²) in [5.74, 6) is 0. The van der Waals surface area contributed by atoms with Gasteiger partial charge in [-0.15, -0.1) is 0 Å². The monoisotopic (exact) mass is 255 g/mol. The summed E-state index contributed by atoms with van der Waals surface area (Å²) in [5, 5.41) is 3.84. The molecule has 2 fully saturated rings. The van der Waals surface area contributed by atoms with Gasteiger partial charge >= 0.3 is 0 Å². The van der Waals surface area contributed by atoms with E-state index in [1.54, 1.807) is 0 Å². The van der Waals surface area contributed by atoms with Crippen LogP contribution in [0.15, 0.2) is 0 Å². The molecule has 0 bridgehead atoms. The van der Waals surface area contributed by atoms with Crippen LogP contribution in [0.25, 0.3) is 0 Å². The predicted molar refractivity (Wildman–Crippen MR) is 73.8 cm³/mol. The average molecular weight is 255 g/mol. The molecule has 1 aliphatic carbocycles. The van der Waals surface area contributed by atoms with Crippen LogP contribution in [0, 0.1) is 5.41 Å². The molecule has 2 aliphatic rings. The summed E-state index contributed by atoms with van der Waals surface area (Å²) in [6.45, 7) is 9.96. The average Bonchev–Trinajstić information content (AvgIpc) is 2.34. The summed E-state index contributed by atoms with van der Waals surface area (Å²) in [5.41, 5.74) is 0.333. The Balaban J connectivity index is 1.87. The van der Waals surface area contributed by atoms with E-state index < -0.39 is 0 Å². The first-order valence-electron chi connectivity index (χ1n) is 7.34. The molecule has 106 valence electrons. The largest absolute Gasteiger partial charge is 0.381 e. The Bertz CT molecular complexity index is 292. The van der Waals surface area contributed by atoms with Gasteiger partial charge in [0.1, 0.15) is 0 Å². The third-order valence-electron chi connectivity index (χ3n) is 5.24. The summed E-state index contributed by atoms with van der Waals surface area (Å²) in [6.07, 6.45) is 4.92. The van der Waals surface area contributed by atoms with Gasteiger partial charge in [-0.25, -0.2) is 0 Å². The van der Waals surface area contributed by atoms with E-state index in [9.17, 15) is 0 Å². The van der Waals surface area contributed by atoms with E-state index in [1.807, 2.05) is 7.11 Å². The van der Waals surface area contributed by atoms with Crippen LogP contribution < -0.4 is 5.32 Å². The molecule has 0 aromatic rings. The molecule has 3 heteroatoms. The van der Waals surface area contributed by atoms with Crippen LogP contribution in [-0.4, -0.2) is 37.5 Å². The van der Waals surface area contributed by atoms with Crippen molar-refractivity contribution in [3.8, 4) is 0 Å². The van der Waals surface area contributed by atoms with Gasteiger partial charge in [-0.1, -0.05) is 20.8 Å². The van der Waals surface area contributed by atoms with Crippen LogP contribution >= 0.6 is 0 Å². The van der Waals surface area contributed by atoms with E-state index in [0.29, 0.717) is 18.2 Å². The van der Waals surface area contributed by atoms with Crippen molar-refractivity contribution in [3.63, 3.8) is 0 Å². The van der Waals surface area contributed by atoms with E-state index in [2.05, 4.69) is 33.0 Å². The molecule has 0 amide bonds. The fraction of sp³-hybridized carbons (Fsp3) is 1.00. The minimum atomic E-state index is 0.0739. The maximum Gasteiger partial charge on any atom is 0.0666 e. The maximum absolute atomic E-state index is 5.91. The van der Waals surface area contributed by atoms with Crippen molar-refractivity contribution in [2.24, 2.45) is 5.41 Å². The molecule has 0 radical (unpaired) electrons. The summed E-state index contributed by atoms with van der Waals surface area (Å²) in [6, 6.07) is 1.19. The molecule has 4 unspecified atom stereocenters. The fourth-order valence-electron chi connectivity index (χ4n) is 3.37. The van der Waals surface area contributed by atoms with Crippen LogP contribution in [-0.2, 0) is 9.47 Å². The Morgan fingerprint density at radius 2 is 2.06 bits per heavy atom. The number of ether oxygens (including phenoxy) is 2. The highest BCUT2D eigenvalue weighted by molar-refractivity contribution is 5.04. The SMILES string of the molecule is CCC1(C)CC(NC2CC(OC)C2(C)C)CCO1. The molecule has 4 atom stereocenters. The van der Waals surface area contributed by atoms with Gasteiger partial charge in [-0.3, -0.25) is 0 Å². The molecular formula is C15H29NO2. The summed E-state index contributed by atoms with van der Waals surface area (Å²) < 4.78 is 11.4. The van der Waals surface area contributed by atoms with Crippen LogP contribution in [0.5, 0.6) is 0 Å². The normalized spacial score (nSPS) is 43.5. The third kappa shape index (κ3) is 2.59. The molecule has 2 rings (SSSR count). The molecule has 1 saturated carbocycles. The molecule has 1 aliphatic heterocycles. The summed E-state index contributed by atoms with van der Waals surface area (Å²) in [4.78, 5) is 0. The minimum absolute atomic E-state index is 0.0739. The van der Waals surface area contributed by atoms with Crippen LogP contribution in [0.1, 0.15) is 53.4 Å². The zero-order chi connectivity index (χ0) is 13.4. The summed E-state index contributed by atoms with van der Waals surface area (Å²) >= 11 is 0. The molecule has 1 heterocycles. The second-order valence-electron chi connectivity index (χ2n) is 6.84. The van der Waals surface area contributed by atoms with Gasteiger partial charge in [-0.2, -0.15) is 0 Å². The quantitative estimate of drug-likeness (QED) is 0.838. The maximum atomic E-state index is 5.91. The predicted octanol–water partition coefficient (Wildman–Crippen LogP) is 2.74. The Hall–Kier alpha value is -0.120. The molecule has 3 nitrogen and oxygen atoms in total. The first kappa shape index (κ1) is 14.3. The first-order chi connectivity index (χ1) is 8.41. The van der Waals surface area contributed by atoms with Crippen LogP contribution in [0.4, 0.5) is 0 Å². The fourth-order valence-corrected chi connectivity index (χ4v) is 3.37. The lowest BCUT2D eigenvalue weighted by Crippen LogP contribution is -2.63. The number of rotatable bonds is 4. The zero-order valence-electron chi connectivity index (χ0n) is 12.6. The molecule has 0 spiro atoms. The lowest BCUT2D eigenvalue weighted by Gasteiger charge is -2.53. The minimum Gasteiger partial charge on any atom is -0.381 e. The van der Waals surface area contributed by atoms with Crippen LogP contribution in [0.3, 0.4) is 0 Å². The van der Waals surface area contributed by atoms with Crippen molar-refractivity contribution in [2.75, 3.05) is 13.7 Å². The molecule has 1 N–H and O–H groups in total. The van der Waals surface area contributed by atoms with Crippen molar-refractivity contribution in [1.29, 1.82) is 0 Å². The van der Waals surface area contributed by atoms with E-state index in [4.69, 9.17) is 9.47 Å². The lowest BCUT2D eigenvalue weighted by atomic mass is 9.64. The second kappa shape index (κ2) is 5.10. The highest BCUT2D eigenvalue weighted by Crippen LogP contribution is 2.43. The van der Waals surface area contributed by atoms with Gasteiger partial charge < -0.3 is 14.8 Å². The highest BCUT2D eigenvalue weighted by Gasteiger charge is 2.49. The van der Waals surface area contributed by atoms with E-state index in [-0.39, 0.29) is 11.0 Å². The van der Waals surface area contributed by atoms with E-state index in [0.717, 1.165) is 32.3 Å². The summed E-state index contributed by atoms with van der Waals surface area (Å²) in [7, 11) is 1.82. The number of hydrogen-bond acceptors (Lipinski definition) is 3. The van der Waals surface area contributed by atoms with Crippen molar-refractivity contribution in [1.82, 2.24) is 5.32 Å². The molecule has 0 aromatic carbocycles. The van der Waals surface area contributed by atoms with Crippen molar-refractivity contribution >= 4 is 0 Å². The van der Waals surface area contributed by atoms with Crippen molar-refractivity contribution in [3.05, 3.63) is 0 Å². The van der Waals surface area contributed by atoms with Gasteiger partial charge in [-0.05, 0) is 32.6 Å². The highest BCUT2D eigenvalue weighted by atomic mass is 16.5. The van der Waals surface area contributed by atoms with Gasteiger partial charge in [0, 0.05) is 31.2 Å². The first-order valence-corrected chi connectivity index (χ1v) is 7.34. The van der Waals surface area contributed by atoms with Crippen LogP contribution in [0.2, 0.25) is 0 Å². The number of nitrogens with one attached hydrogen (secondary N) is 1. The van der Waals surface area contributed by atoms with Gasteiger partial charge in [0.05, 0.1) is 11.7 Å². The van der Waals surface area contributed by atoms with E-state index >= 15 is 0 Å². The molecular weight excluding hydrogens is 226 g/mol. The molecule has 0 aromatic heterocycles. The Morgan fingerprint density at radius 1 is 1.33 bits per heavy atom. The van der Waals surface area contributed by atoms with Gasteiger partial charge in [0.25, 0.3) is 0 Å².